The molecule has 0 aromatic heterocycles. The number of halogens is 1. The van der Waals surface area contributed by atoms with Crippen molar-refractivity contribution < 1.29 is 23.8 Å². The first-order valence-electron chi connectivity index (χ1n) is 9.94. The quantitative estimate of drug-likeness (QED) is 0.398. The van der Waals surface area contributed by atoms with Gasteiger partial charge in [-0.1, -0.05) is 0 Å². The molecule has 6 heteroatoms. The number of hydrogen-bond donors (Lipinski definition) is 0. The van der Waals surface area contributed by atoms with Crippen molar-refractivity contribution in [3.05, 3.63) is 23.8 Å². The van der Waals surface area contributed by atoms with E-state index in [4.69, 9.17) is 25.8 Å². The Hall–Kier alpha value is -1.75. The van der Waals surface area contributed by atoms with E-state index in [1.54, 1.807) is 32.2 Å². The van der Waals surface area contributed by atoms with Crippen LogP contribution < -0.4 is 9.47 Å². The van der Waals surface area contributed by atoms with Crippen molar-refractivity contribution in [2.75, 3.05) is 14.2 Å². The number of ether oxygens (including phenoxy) is 3. The van der Waals surface area contributed by atoms with Gasteiger partial charge in [-0.2, -0.15) is 0 Å². The monoisotopic (exact) mass is 406 g/mol. The molecule has 28 heavy (non-hydrogen) atoms. The standard InChI is InChI=1S/C22H27ClO5/c1-13(19(24)17-5-4-16(26-2)7-18(17)27-3)28-20(25)21-8-14-6-15(9-21)11-22(23,10-14)12-21/h4-5,7,13-15H,6,8-12H2,1-3H3/t13-,14+,15+,21?,22?/m0/s1. The van der Waals surface area contributed by atoms with Crippen molar-refractivity contribution in [2.24, 2.45) is 17.3 Å². The molecule has 0 N–H and O–H groups in total. The number of ketones is 1. The minimum absolute atomic E-state index is 0.264. The van der Waals surface area contributed by atoms with Crippen LogP contribution in [0.5, 0.6) is 11.5 Å². The van der Waals surface area contributed by atoms with E-state index in [1.807, 2.05) is 0 Å². The minimum Gasteiger partial charge on any atom is -0.497 e. The summed E-state index contributed by atoms with van der Waals surface area (Å²) in [6, 6.07) is 4.99. The Balaban J connectivity index is 1.50. The van der Waals surface area contributed by atoms with Gasteiger partial charge in [0.2, 0.25) is 5.78 Å². The Morgan fingerprint density at radius 1 is 1.11 bits per heavy atom. The molecule has 0 radical (unpaired) electrons. The third kappa shape index (κ3) is 3.28. The fourth-order valence-corrected chi connectivity index (χ4v) is 6.64. The van der Waals surface area contributed by atoms with Crippen LogP contribution in [0.15, 0.2) is 18.2 Å². The highest BCUT2D eigenvalue weighted by Gasteiger charge is 2.61. The first kappa shape index (κ1) is 19.6. The number of rotatable bonds is 6. The summed E-state index contributed by atoms with van der Waals surface area (Å²) in [5, 5.41) is 0. The second kappa shape index (κ2) is 6.94. The van der Waals surface area contributed by atoms with Gasteiger partial charge in [0.1, 0.15) is 11.5 Å². The van der Waals surface area contributed by atoms with Gasteiger partial charge in [0.15, 0.2) is 6.10 Å². The normalized spacial score (nSPS) is 34.0. The van der Waals surface area contributed by atoms with E-state index >= 15 is 0 Å². The van der Waals surface area contributed by atoms with E-state index in [-0.39, 0.29) is 16.6 Å². The molecule has 0 amide bonds. The summed E-state index contributed by atoms with van der Waals surface area (Å²) in [6.45, 7) is 1.63. The number of benzene rings is 1. The maximum atomic E-state index is 13.2. The Morgan fingerprint density at radius 3 is 2.36 bits per heavy atom. The van der Waals surface area contributed by atoms with Crippen molar-refractivity contribution in [3.8, 4) is 11.5 Å². The molecular formula is C22H27ClO5. The van der Waals surface area contributed by atoms with Crippen LogP contribution in [-0.2, 0) is 9.53 Å². The SMILES string of the molecule is COc1ccc(C(=O)[C@H](C)OC(=O)C23C[C@H]4C[C@@H](CC(Cl)(C4)C2)C3)c(OC)c1. The van der Waals surface area contributed by atoms with Crippen LogP contribution >= 0.6 is 11.6 Å². The van der Waals surface area contributed by atoms with E-state index in [2.05, 4.69) is 0 Å². The molecule has 152 valence electrons. The van der Waals surface area contributed by atoms with Gasteiger partial charge in [-0.3, -0.25) is 9.59 Å². The van der Waals surface area contributed by atoms with Crippen LogP contribution in [-0.4, -0.2) is 37.0 Å². The third-order valence-electron chi connectivity index (χ3n) is 6.75. The number of carbonyl (C=O) groups excluding carboxylic acids is 2. The van der Waals surface area contributed by atoms with Crippen LogP contribution in [0.2, 0.25) is 0 Å². The molecule has 5 rings (SSSR count). The molecule has 0 unspecified atom stereocenters. The first-order valence-corrected chi connectivity index (χ1v) is 10.3. The molecule has 3 atom stereocenters. The van der Waals surface area contributed by atoms with Crippen LogP contribution in [0.1, 0.15) is 55.8 Å². The smallest absolute Gasteiger partial charge is 0.312 e. The second-order valence-corrected chi connectivity index (χ2v) is 9.67. The van der Waals surface area contributed by atoms with Crippen molar-refractivity contribution in [1.29, 1.82) is 0 Å². The highest BCUT2D eigenvalue weighted by molar-refractivity contribution is 6.24. The topological polar surface area (TPSA) is 61.8 Å². The van der Waals surface area contributed by atoms with Gasteiger partial charge in [0.05, 0.1) is 25.2 Å². The molecule has 4 saturated carbocycles. The van der Waals surface area contributed by atoms with Crippen LogP contribution in [0.4, 0.5) is 0 Å². The molecule has 0 heterocycles. The maximum Gasteiger partial charge on any atom is 0.312 e. The highest BCUT2D eigenvalue weighted by Crippen LogP contribution is 2.64. The van der Waals surface area contributed by atoms with Crippen LogP contribution in [0.25, 0.3) is 0 Å². The van der Waals surface area contributed by atoms with Crippen LogP contribution in [0, 0.1) is 17.3 Å². The largest absolute Gasteiger partial charge is 0.497 e. The fraction of sp³-hybridized carbons (Fsp3) is 0.636. The average molecular weight is 407 g/mol. The number of alkyl halides is 1. The zero-order valence-electron chi connectivity index (χ0n) is 16.6. The molecule has 4 aliphatic rings. The summed E-state index contributed by atoms with van der Waals surface area (Å²) in [5.74, 6) is 1.46. The van der Waals surface area contributed by atoms with E-state index in [0.717, 1.165) is 25.7 Å². The summed E-state index contributed by atoms with van der Waals surface area (Å²) in [6.07, 6.45) is 4.62. The first-order chi connectivity index (χ1) is 13.3. The van der Waals surface area contributed by atoms with E-state index < -0.39 is 11.5 Å². The van der Waals surface area contributed by atoms with Crippen molar-refractivity contribution in [1.82, 2.24) is 0 Å². The third-order valence-corrected chi connectivity index (χ3v) is 7.19. The summed E-state index contributed by atoms with van der Waals surface area (Å²) >= 11 is 6.82. The molecule has 4 fully saturated rings. The van der Waals surface area contributed by atoms with Gasteiger partial charge in [-0.15, -0.1) is 11.6 Å². The molecule has 0 saturated heterocycles. The average Bonchev–Trinajstić information content (AvgIpc) is 2.64. The van der Waals surface area contributed by atoms with E-state index in [0.29, 0.717) is 35.3 Å². The van der Waals surface area contributed by atoms with Crippen molar-refractivity contribution in [2.45, 2.75) is 56.4 Å². The Bertz CT molecular complexity index is 790. The van der Waals surface area contributed by atoms with E-state index in [9.17, 15) is 9.59 Å². The lowest BCUT2D eigenvalue weighted by Crippen LogP contribution is -2.56. The maximum absolute atomic E-state index is 13.2. The molecule has 1 aromatic carbocycles. The Labute approximate surface area is 170 Å². The summed E-state index contributed by atoms with van der Waals surface area (Å²) in [5.41, 5.74) is -0.146. The Kier molecular flexibility index (Phi) is 4.85. The Morgan fingerprint density at radius 2 is 1.79 bits per heavy atom. The molecule has 4 aliphatic carbocycles. The lowest BCUT2D eigenvalue weighted by atomic mass is 9.49. The number of hydrogen-bond acceptors (Lipinski definition) is 5. The highest BCUT2D eigenvalue weighted by atomic mass is 35.5. The van der Waals surface area contributed by atoms with Crippen molar-refractivity contribution in [3.63, 3.8) is 0 Å². The number of carbonyl (C=O) groups is 2. The van der Waals surface area contributed by atoms with Crippen LogP contribution in [0.3, 0.4) is 0 Å². The molecule has 0 aliphatic heterocycles. The predicted molar refractivity (Wildman–Crippen MR) is 105 cm³/mol. The molecule has 4 bridgehead atoms. The number of esters is 1. The minimum atomic E-state index is -0.880. The lowest BCUT2D eigenvalue weighted by Gasteiger charge is -2.58. The molecule has 1 aromatic rings. The van der Waals surface area contributed by atoms with Gasteiger partial charge >= 0.3 is 5.97 Å². The summed E-state index contributed by atoms with van der Waals surface area (Å²) in [4.78, 5) is 25.8. The zero-order chi connectivity index (χ0) is 20.1. The summed E-state index contributed by atoms with van der Waals surface area (Å²) in [7, 11) is 3.05. The number of methoxy groups -OCH3 is 2. The van der Waals surface area contributed by atoms with Crippen molar-refractivity contribution >= 4 is 23.4 Å². The fourth-order valence-electron chi connectivity index (χ4n) is 5.95. The van der Waals surface area contributed by atoms with E-state index in [1.165, 1.54) is 13.5 Å². The summed E-state index contributed by atoms with van der Waals surface area (Å²) < 4.78 is 16.2. The second-order valence-electron chi connectivity index (χ2n) is 8.87. The molecular weight excluding hydrogens is 380 g/mol. The number of Topliss-reactive ketones (excluding diaryl/α,β-unsaturated/α-hetero) is 1. The van der Waals surface area contributed by atoms with Gasteiger partial charge in [0, 0.05) is 10.9 Å². The predicted octanol–water partition coefficient (Wildman–Crippen LogP) is 4.40. The molecule has 5 nitrogen and oxygen atoms in total. The van der Waals surface area contributed by atoms with Gasteiger partial charge in [-0.25, -0.2) is 0 Å². The van der Waals surface area contributed by atoms with Gasteiger partial charge < -0.3 is 14.2 Å². The zero-order valence-corrected chi connectivity index (χ0v) is 17.4. The van der Waals surface area contributed by atoms with Gasteiger partial charge in [-0.05, 0) is 69.4 Å². The molecule has 0 spiro atoms. The van der Waals surface area contributed by atoms with Gasteiger partial charge in [0.25, 0.3) is 0 Å². The lowest BCUT2D eigenvalue weighted by molar-refractivity contribution is -0.172.